The molecule has 38 heavy (non-hydrogen) atoms. The van der Waals surface area contributed by atoms with Crippen LogP contribution in [0.1, 0.15) is 22.6 Å². The molecule has 182 valence electrons. The van der Waals surface area contributed by atoms with Crippen molar-refractivity contribution in [2.24, 2.45) is 0 Å². The highest BCUT2D eigenvalue weighted by Gasteiger charge is 2.34. The molecule has 5 nitrogen and oxygen atoms in total. The van der Waals surface area contributed by atoms with Crippen molar-refractivity contribution in [1.82, 2.24) is 4.57 Å². The van der Waals surface area contributed by atoms with Gasteiger partial charge in [0.1, 0.15) is 0 Å². The molecule has 6 aromatic rings. The number of nitrogens with one attached hydrogen (secondary N) is 1. The lowest BCUT2D eigenvalue weighted by Gasteiger charge is -2.32. The molecule has 0 radical (unpaired) electrons. The average Bonchev–Trinajstić information content (AvgIpc) is 3.45. The summed E-state index contributed by atoms with van der Waals surface area (Å²) in [5, 5.41) is 6.92. The minimum Gasteiger partial charge on any atom is -0.454 e. The van der Waals surface area contributed by atoms with Crippen LogP contribution in [-0.2, 0) is 0 Å². The van der Waals surface area contributed by atoms with Gasteiger partial charge in [-0.05, 0) is 58.3 Å². The van der Waals surface area contributed by atoms with Gasteiger partial charge in [0.15, 0.2) is 11.5 Å². The molecule has 0 unspecified atom stereocenters. The second-order valence-electron chi connectivity index (χ2n) is 9.70. The summed E-state index contributed by atoms with van der Waals surface area (Å²) in [7, 11) is 0. The molecule has 3 heterocycles. The van der Waals surface area contributed by atoms with Gasteiger partial charge in [0.25, 0.3) is 5.56 Å². The number of nitrogens with zero attached hydrogens (tertiary/aromatic N) is 1. The predicted octanol–water partition coefficient (Wildman–Crippen LogP) is 7.11. The Kier molecular flexibility index (Phi) is 4.43. The van der Waals surface area contributed by atoms with Gasteiger partial charge in [0.05, 0.1) is 16.8 Å². The summed E-state index contributed by atoms with van der Waals surface area (Å²) in [4.78, 5) is 14.7. The van der Waals surface area contributed by atoms with Crippen LogP contribution in [0, 0.1) is 0 Å². The Morgan fingerprint density at radius 2 is 1.47 bits per heavy atom. The van der Waals surface area contributed by atoms with Crippen molar-refractivity contribution in [3.05, 3.63) is 136 Å². The van der Waals surface area contributed by atoms with Gasteiger partial charge in [-0.1, -0.05) is 72.8 Å². The van der Waals surface area contributed by atoms with Crippen LogP contribution in [0.4, 0.5) is 11.4 Å². The van der Waals surface area contributed by atoms with Crippen LogP contribution in [0.15, 0.2) is 114 Å². The number of benzene rings is 5. The van der Waals surface area contributed by atoms with E-state index in [1.165, 1.54) is 0 Å². The zero-order chi connectivity index (χ0) is 25.2. The average molecular weight is 495 g/mol. The number of para-hydroxylation sites is 2. The number of aromatic nitrogens is 1. The Bertz CT molecular complexity index is 1960. The molecule has 5 heteroatoms. The normalized spacial score (nSPS) is 15.2. The zero-order valence-electron chi connectivity index (χ0n) is 20.3. The molecule has 1 aromatic heterocycles. The van der Waals surface area contributed by atoms with E-state index in [2.05, 4.69) is 47.8 Å². The van der Waals surface area contributed by atoms with E-state index in [1.807, 2.05) is 71.3 Å². The molecule has 0 saturated carbocycles. The van der Waals surface area contributed by atoms with Crippen LogP contribution in [0.2, 0.25) is 0 Å². The van der Waals surface area contributed by atoms with Crippen molar-refractivity contribution in [3.63, 3.8) is 0 Å². The largest absolute Gasteiger partial charge is 0.454 e. The van der Waals surface area contributed by atoms with Crippen LogP contribution >= 0.6 is 0 Å². The number of fused-ring (bicyclic) bond motifs is 7. The van der Waals surface area contributed by atoms with E-state index in [-0.39, 0.29) is 18.3 Å². The Morgan fingerprint density at radius 1 is 0.711 bits per heavy atom. The fourth-order valence-corrected chi connectivity index (χ4v) is 6.02. The second-order valence-corrected chi connectivity index (χ2v) is 9.70. The Morgan fingerprint density at radius 3 is 2.37 bits per heavy atom. The van der Waals surface area contributed by atoms with Crippen molar-refractivity contribution < 1.29 is 9.47 Å². The molecule has 5 aromatic carbocycles. The molecule has 8 rings (SSSR count). The van der Waals surface area contributed by atoms with Gasteiger partial charge in [-0.2, -0.15) is 0 Å². The molecule has 1 atom stereocenters. The standard InChI is InChI=1S/C33H22N2O3/c36-33-31-29(21-15-17-27-28(18-21)38-19-37-27)30-23-11-5-4-8-20(23)14-16-25(30)34-32(31)24-12-6-7-13-26(24)35(33)22-9-2-1-3-10-22/h1-18,29,34H,19H2/t29-/m1/s1. The van der Waals surface area contributed by atoms with Crippen LogP contribution in [-0.4, -0.2) is 11.4 Å². The molecule has 0 bridgehead atoms. The molecule has 1 N–H and O–H groups in total. The lowest BCUT2D eigenvalue weighted by atomic mass is 9.78. The Balaban J connectivity index is 1.52. The number of ether oxygens (including phenoxy) is 2. The van der Waals surface area contributed by atoms with E-state index >= 15 is 0 Å². The summed E-state index contributed by atoms with van der Waals surface area (Å²) in [6, 6.07) is 36.6. The maximum Gasteiger partial charge on any atom is 0.261 e. The summed E-state index contributed by atoms with van der Waals surface area (Å²) in [5.74, 6) is 1.11. The maximum absolute atomic E-state index is 14.7. The molecule has 0 aliphatic carbocycles. The zero-order valence-corrected chi connectivity index (χ0v) is 20.3. The van der Waals surface area contributed by atoms with Crippen molar-refractivity contribution >= 4 is 33.1 Å². The third-order valence-electron chi connectivity index (χ3n) is 7.67. The highest BCUT2D eigenvalue weighted by molar-refractivity contribution is 6.02. The molecule has 0 fully saturated rings. The first kappa shape index (κ1) is 21.1. The van der Waals surface area contributed by atoms with E-state index in [0.29, 0.717) is 5.75 Å². The van der Waals surface area contributed by atoms with Crippen LogP contribution in [0.5, 0.6) is 11.5 Å². The molecule has 2 aliphatic rings. The third kappa shape index (κ3) is 2.96. The van der Waals surface area contributed by atoms with Crippen molar-refractivity contribution in [1.29, 1.82) is 0 Å². The van der Waals surface area contributed by atoms with E-state index in [0.717, 1.165) is 61.2 Å². The molecule has 0 saturated heterocycles. The van der Waals surface area contributed by atoms with Crippen LogP contribution < -0.4 is 20.3 Å². The van der Waals surface area contributed by atoms with Crippen molar-refractivity contribution in [3.8, 4) is 17.2 Å². The molecule has 0 amide bonds. The van der Waals surface area contributed by atoms with Gasteiger partial charge >= 0.3 is 0 Å². The summed E-state index contributed by atoms with van der Waals surface area (Å²) >= 11 is 0. The smallest absolute Gasteiger partial charge is 0.261 e. The first-order valence-electron chi connectivity index (χ1n) is 12.7. The van der Waals surface area contributed by atoms with Crippen molar-refractivity contribution in [2.45, 2.75) is 5.92 Å². The van der Waals surface area contributed by atoms with Crippen molar-refractivity contribution in [2.75, 3.05) is 12.1 Å². The SMILES string of the molecule is O=c1c2c(c3ccccc3n1-c1ccccc1)Nc1ccc3ccccc3c1[C@H]2c1ccc2c(c1)OCO2. The van der Waals surface area contributed by atoms with Gasteiger partial charge in [0.2, 0.25) is 6.79 Å². The highest BCUT2D eigenvalue weighted by Crippen LogP contribution is 2.50. The molecular formula is C33H22N2O3. The summed E-state index contributed by atoms with van der Waals surface area (Å²) in [6.45, 7) is 0.201. The van der Waals surface area contributed by atoms with Gasteiger partial charge in [0, 0.05) is 22.7 Å². The summed E-state index contributed by atoms with van der Waals surface area (Å²) in [5.41, 5.74) is 6.30. The van der Waals surface area contributed by atoms with Gasteiger partial charge in [-0.25, -0.2) is 0 Å². The lowest BCUT2D eigenvalue weighted by molar-refractivity contribution is 0.174. The fraction of sp³-hybridized carbons (Fsp3) is 0.0606. The van der Waals surface area contributed by atoms with Crippen LogP contribution in [0.25, 0.3) is 27.4 Å². The maximum atomic E-state index is 14.7. The summed E-state index contributed by atoms with van der Waals surface area (Å²) < 4.78 is 13.2. The number of pyridine rings is 1. The first-order valence-corrected chi connectivity index (χ1v) is 12.7. The fourth-order valence-electron chi connectivity index (χ4n) is 6.02. The molecule has 0 spiro atoms. The first-order chi connectivity index (χ1) is 18.8. The minimum absolute atomic E-state index is 0.0429. The van der Waals surface area contributed by atoms with E-state index in [4.69, 9.17) is 9.47 Å². The van der Waals surface area contributed by atoms with Gasteiger partial charge < -0.3 is 14.8 Å². The van der Waals surface area contributed by atoms with Crippen LogP contribution in [0.3, 0.4) is 0 Å². The number of anilines is 2. The third-order valence-corrected chi connectivity index (χ3v) is 7.67. The number of rotatable bonds is 2. The Hall–Kier alpha value is -5.03. The van der Waals surface area contributed by atoms with Gasteiger partial charge in [-0.3, -0.25) is 9.36 Å². The van der Waals surface area contributed by atoms with E-state index < -0.39 is 0 Å². The number of hydrogen-bond donors (Lipinski definition) is 1. The Labute approximate surface area is 218 Å². The lowest BCUT2D eigenvalue weighted by Crippen LogP contribution is -2.29. The van der Waals surface area contributed by atoms with Gasteiger partial charge in [-0.15, -0.1) is 0 Å². The number of hydrogen-bond acceptors (Lipinski definition) is 4. The molecular weight excluding hydrogens is 472 g/mol. The van der Waals surface area contributed by atoms with E-state index in [1.54, 1.807) is 0 Å². The monoisotopic (exact) mass is 494 g/mol. The summed E-state index contributed by atoms with van der Waals surface area (Å²) in [6.07, 6.45) is 0. The highest BCUT2D eigenvalue weighted by atomic mass is 16.7. The molecule has 2 aliphatic heterocycles. The van der Waals surface area contributed by atoms with E-state index in [9.17, 15) is 4.79 Å². The quantitative estimate of drug-likeness (QED) is 0.278. The topological polar surface area (TPSA) is 52.5 Å². The second kappa shape index (κ2) is 7.98. The minimum atomic E-state index is -0.311. The predicted molar refractivity (Wildman–Crippen MR) is 150 cm³/mol.